The minimum atomic E-state index is -0.560. The first-order valence-electron chi connectivity index (χ1n) is 10.5. The second-order valence-electron chi connectivity index (χ2n) is 10.5. The van der Waals surface area contributed by atoms with Gasteiger partial charge in [-0.25, -0.2) is 0 Å². The SMILES string of the molecule is CC(=O)[C@@]1(C)CC[C@H]2[C@@H]3C[C@H](C)C4=CC(=O)CC(O)[C@]4(C)[C@H]3CC[C@@]21C. The topological polar surface area (TPSA) is 54.4 Å². The van der Waals surface area contributed by atoms with E-state index in [4.69, 9.17) is 0 Å². The van der Waals surface area contributed by atoms with Crippen LogP contribution in [0.5, 0.6) is 0 Å². The molecule has 3 saturated carbocycles. The van der Waals surface area contributed by atoms with Crippen molar-refractivity contribution in [2.45, 2.75) is 79.2 Å². The molecule has 3 heteroatoms. The zero-order valence-electron chi connectivity index (χ0n) is 17.0. The van der Waals surface area contributed by atoms with Gasteiger partial charge in [-0.05, 0) is 74.2 Å². The fraction of sp³-hybridized carbons (Fsp3) is 0.826. The second-order valence-corrected chi connectivity index (χ2v) is 10.5. The van der Waals surface area contributed by atoms with Crippen LogP contribution in [0.25, 0.3) is 0 Å². The Morgan fingerprint density at radius 2 is 1.81 bits per heavy atom. The third kappa shape index (κ3) is 2.04. The van der Waals surface area contributed by atoms with E-state index in [1.54, 1.807) is 6.92 Å². The van der Waals surface area contributed by atoms with Gasteiger partial charge in [0.1, 0.15) is 5.78 Å². The fourth-order valence-corrected chi connectivity index (χ4v) is 7.86. The Labute approximate surface area is 157 Å². The first-order valence-corrected chi connectivity index (χ1v) is 10.5. The molecule has 8 atom stereocenters. The molecule has 0 bridgehead atoms. The van der Waals surface area contributed by atoms with Gasteiger partial charge in [-0.2, -0.15) is 0 Å². The summed E-state index contributed by atoms with van der Waals surface area (Å²) in [5.41, 5.74) is 0.794. The zero-order chi connectivity index (χ0) is 19.1. The minimum Gasteiger partial charge on any atom is -0.392 e. The molecular weight excluding hydrogens is 324 g/mol. The number of carbonyl (C=O) groups is 2. The molecule has 0 heterocycles. The van der Waals surface area contributed by atoms with Crippen LogP contribution >= 0.6 is 0 Å². The van der Waals surface area contributed by atoms with Crippen LogP contribution in [-0.2, 0) is 9.59 Å². The van der Waals surface area contributed by atoms with E-state index in [2.05, 4.69) is 27.7 Å². The Morgan fingerprint density at radius 3 is 2.46 bits per heavy atom. The maximum atomic E-state index is 12.5. The van der Waals surface area contributed by atoms with Crippen LogP contribution in [0, 0.1) is 39.9 Å². The number of hydrogen-bond donors (Lipinski definition) is 1. The molecule has 0 radical (unpaired) electrons. The zero-order valence-corrected chi connectivity index (χ0v) is 17.0. The van der Waals surface area contributed by atoms with Gasteiger partial charge in [0.2, 0.25) is 0 Å². The molecule has 0 spiro atoms. The standard InChI is InChI=1S/C23H34O3/c1-13-10-16-17-6-8-21(3,14(2)24)22(17,4)9-7-18(16)23(5)19(13)11-15(25)12-20(23)26/h11,13,16-18,20,26H,6-10,12H2,1-5H3/t13-,16-,17-,18-,20?,21+,22-,23+/m0/s1. The van der Waals surface area contributed by atoms with Crippen molar-refractivity contribution in [2.75, 3.05) is 0 Å². The minimum absolute atomic E-state index is 0.0761. The molecule has 144 valence electrons. The fourth-order valence-electron chi connectivity index (χ4n) is 7.86. The molecule has 0 aromatic heterocycles. The van der Waals surface area contributed by atoms with Gasteiger partial charge < -0.3 is 5.11 Å². The molecule has 3 fully saturated rings. The highest BCUT2D eigenvalue weighted by Crippen LogP contribution is 2.70. The average molecular weight is 359 g/mol. The molecule has 4 aliphatic rings. The van der Waals surface area contributed by atoms with Crippen molar-refractivity contribution >= 4 is 11.6 Å². The van der Waals surface area contributed by atoms with Gasteiger partial charge in [-0.1, -0.05) is 33.3 Å². The van der Waals surface area contributed by atoms with Gasteiger partial charge in [0.25, 0.3) is 0 Å². The number of hydrogen-bond acceptors (Lipinski definition) is 3. The smallest absolute Gasteiger partial charge is 0.158 e. The normalized spacial score (nSPS) is 53.4. The number of aliphatic hydroxyl groups excluding tert-OH is 1. The van der Waals surface area contributed by atoms with Gasteiger partial charge in [0.15, 0.2) is 5.78 Å². The lowest BCUT2D eigenvalue weighted by Gasteiger charge is -2.61. The van der Waals surface area contributed by atoms with Crippen LogP contribution in [0.3, 0.4) is 0 Å². The second kappa shape index (κ2) is 5.53. The molecular formula is C23H34O3. The average Bonchev–Trinajstić information content (AvgIpc) is 2.83. The molecule has 0 amide bonds. The third-order valence-corrected chi connectivity index (χ3v) is 9.77. The summed E-state index contributed by atoms with van der Waals surface area (Å²) < 4.78 is 0. The van der Waals surface area contributed by atoms with E-state index >= 15 is 0 Å². The lowest BCUT2D eigenvalue weighted by atomic mass is 9.43. The predicted octanol–water partition coefficient (Wildman–Crippen LogP) is 4.33. The summed E-state index contributed by atoms with van der Waals surface area (Å²) >= 11 is 0. The Morgan fingerprint density at radius 1 is 1.15 bits per heavy atom. The van der Waals surface area contributed by atoms with E-state index in [1.165, 1.54) is 5.57 Å². The molecule has 4 rings (SSSR count). The summed E-state index contributed by atoms with van der Waals surface area (Å²) in [6, 6.07) is 0. The number of carbonyl (C=O) groups excluding carboxylic acids is 2. The molecule has 0 saturated heterocycles. The van der Waals surface area contributed by atoms with Crippen LogP contribution < -0.4 is 0 Å². The molecule has 3 nitrogen and oxygen atoms in total. The summed E-state index contributed by atoms with van der Waals surface area (Å²) in [4.78, 5) is 24.6. The van der Waals surface area contributed by atoms with Gasteiger partial charge in [0.05, 0.1) is 6.10 Å². The first-order chi connectivity index (χ1) is 12.1. The van der Waals surface area contributed by atoms with E-state index in [0.29, 0.717) is 29.5 Å². The summed E-state index contributed by atoms with van der Waals surface area (Å²) in [6.07, 6.45) is 6.92. The number of ketones is 2. The van der Waals surface area contributed by atoms with Crippen molar-refractivity contribution < 1.29 is 14.7 Å². The van der Waals surface area contributed by atoms with E-state index in [0.717, 1.165) is 32.1 Å². The molecule has 1 unspecified atom stereocenters. The molecule has 0 aromatic rings. The van der Waals surface area contributed by atoms with Crippen molar-refractivity contribution in [1.82, 2.24) is 0 Å². The predicted molar refractivity (Wildman–Crippen MR) is 101 cm³/mol. The van der Waals surface area contributed by atoms with Crippen LogP contribution in [0.2, 0.25) is 0 Å². The Hall–Kier alpha value is -0.960. The van der Waals surface area contributed by atoms with E-state index in [9.17, 15) is 14.7 Å². The molecule has 1 N–H and O–H groups in total. The molecule has 0 aliphatic heterocycles. The van der Waals surface area contributed by atoms with Gasteiger partial charge in [-0.3, -0.25) is 9.59 Å². The molecule has 26 heavy (non-hydrogen) atoms. The Balaban J connectivity index is 1.76. The van der Waals surface area contributed by atoms with E-state index in [-0.39, 0.29) is 28.4 Å². The number of rotatable bonds is 1. The van der Waals surface area contributed by atoms with Crippen LogP contribution in [0.15, 0.2) is 11.6 Å². The van der Waals surface area contributed by atoms with E-state index < -0.39 is 6.10 Å². The van der Waals surface area contributed by atoms with Crippen molar-refractivity contribution in [1.29, 1.82) is 0 Å². The van der Waals surface area contributed by atoms with Crippen LogP contribution in [-0.4, -0.2) is 22.8 Å². The van der Waals surface area contributed by atoms with E-state index in [1.807, 2.05) is 6.08 Å². The highest BCUT2D eigenvalue weighted by atomic mass is 16.3. The monoisotopic (exact) mass is 358 g/mol. The summed E-state index contributed by atoms with van der Waals surface area (Å²) in [7, 11) is 0. The molecule has 4 aliphatic carbocycles. The van der Waals surface area contributed by atoms with Crippen molar-refractivity contribution in [3.8, 4) is 0 Å². The summed E-state index contributed by atoms with van der Waals surface area (Å²) in [6.45, 7) is 10.8. The van der Waals surface area contributed by atoms with Crippen molar-refractivity contribution in [3.05, 3.63) is 11.6 Å². The van der Waals surface area contributed by atoms with Gasteiger partial charge in [-0.15, -0.1) is 0 Å². The van der Waals surface area contributed by atoms with Gasteiger partial charge in [0, 0.05) is 17.3 Å². The maximum absolute atomic E-state index is 12.5. The van der Waals surface area contributed by atoms with Crippen LogP contribution in [0.1, 0.15) is 73.1 Å². The third-order valence-electron chi connectivity index (χ3n) is 9.77. The van der Waals surface area contributed by atoms with Gasteiger partial charge >= 0.3 is 0 Å². The Kier molecular flexibility index (Phi) is 3.91. The lowest BCUT2D eigenvalue weighted by Crippen LogP contribution is -2.58. The highest BCUT2D eigenvalue weighted by Gasteiger charge is 2.65. The maximum Gasteiger partial charge on any atom is 0.158 e. The molecule has 0 aromatic carbocycles. The largest absolute Gasteiger partial charge is 0.392 e. The summed E-state index contributed by atoms with van der Waals surface area (Å²) in [5, 5.41) is 11.0. The van der Waals surface area contributed by atoms with Crippen molar-refractivity contribution in [3.63, 3.8) is 0 Å². The lowest BCUT2D eigenvalue weighted by molar-refractivity contribution is -0.146. The quantitative estimate of drug-likeness (QED) is 0.759. The number of fused-ring (bicyclic) bond motifs is 5. The summed E-state index contributed by atoms with van der Waals surface area (Å²) in [5.74, 6) is 2.31. The van der Waals surface area contributed by atoms with Crippen molar-refractivity contribution in [2.24, 2.45) is 39.9 Å². The van der Waals surface area contributed by atoms with Crippen LogP contribution in [0.4, 0.5) is 0 Å². The Bertz CT molecular complexity index is 694. The number of Topliss-reactive ketones (excluding diaryl/α,β-unsaturated/α-hetero) is 1. The first kappa shape index (κ1) is 18.4. The highest BCUT2D eigenvalue weighted by molar-refractivity contribution is 5.92. The number of aliphatic hydroxyl groups is 1.